The Morgan fingerprint density at radius 1 is 1.44 bits per heavy atom. The monoisotopic (exact) mass is 247 g/mol. The number of rotatable bonds is 5. The number of phenolic OH excluding ortho intramolecular Hbond substituents is 1. The highest BCUT2D eigenvalue weighted by atomic mass is 16.3. The van der Waals surface area contributed by atoms with Crippen LogP contribution >= 0.6 is 0 Å². The second-order valence-corrected chi connectivity index (χ2v) is 5.38. The Morgan fingerprint density at radius 3 is 2.78 bits per heavy atom. The summed E-state index contributed by atoms with van der Waals surface area (Å²) in [7, 11) is 0. The lowest BCUT2D eigenvalue weighted by Crippen LogP contribution is -2.30. The highest BCUT2D eigenvalue weighted by Crippen LogP contribution is 2.48. The van der Waals surface area contributed by atoms with E-state index in [0.717, 1.165) is 6.54 Å². The molecule has 0 spiro atoms. The topological polar surface area (TPSA) is 49.3 Å². The van der Waals surface area contributed by atoms with E-state index in [-0.39, 0.29) is 11.7 Å². The fourth-order valence-corrected chi connectivity index (χ4v) is 2.45. The van der Waals surface area contributed by atoms with Gasteiger partial charge < -0.3 is 10.4 Å². The molecule has 18 heavy (non-hydrogen) atoms. The molecule has 3 nitrogen and oxygen atoms in total. The normalized spacial score (nSPS) is 16.3. The van der Waals surface area contributed by atoms with Crippen molar-refractivity contribution in [2.24, 2.45) is 5.41 Å². The predicted molar refractivity (Wildman–Crippen MR) is 71.8 cm³/mol. The summed E-state index contributed by atoms with van der Waals surface area (Å²) in [6.07, 6.45) is 4.80. The van der Waals surface area contributed by atoms with E-state index >= 15 is 0 Å². The largest absolute Gasteiger partial charge is 0.508 e. The summed E-state index contributed by atoms with van der Waals surface area (Å²) in [5.41, 5.74) is 1.58. The van der Waals surface area contributed by atoms with Gasteiger partial charge in [-0.1, -0.05) is 19.4 Å². The molecule has 2 N–H and O–H groups in total. The Bertz CT molecular complexity index is 450. The summed E-state index contributed by atoms with van der Waals surface area (Å²) >= 11 is 0. The van der Waals surface area contributed by atoms with Crippen molar-refractivity contribution in [3.8, 4) is 5.75 Å². The van der Waals surface area contributed by atoms with Crippen LogP contribution in [0, 0.1) is 12.3 Å². The average Bonchev–Trinajstić information content (AvgIpc) is 3.11. The number of hydrogen-bond acceptors (Lipinski definition) is 2. The number of aromatic hydroxyl groups is 1. The van der Waals surface area contributed by atoms with Gasteiger partial charge in [0.15, 0.2) is 0 Å². The van der Waals surface area contributed by atoms with E-state index in [4.69, 9.17) is 0 Å². The Kier molecular flexibility index (Phi) is 3.60. The number of phenols is 1. The van der Waals surface area contributed by atoms with E-state index in [1.54, 1.807) is 25.1 Å². The molecular weight excluding hydrogens is 226 g/mol. The van der Waals surface area contributed by atoms with Gasteiger partial charge in [0.1, 0.15) is 5.75 Å². The molecule has 1 aliphatic rings. The lowest BCUT2D eigenvalue weighted by atomic mass is 10.0. The van der Waals surface area contributed by atoms with Crippen LogP contribution in [0.15, 0.2) is 18.2 Å². The summed E-state index contributed by atoms with van der Waals surface area (Å²) in [6.45, 7) is 4.71. The van der Waals surface area contributed by atoms with Crippen LogP contribution < -0.4 is 5.32 Å². The lowest BCUT2D eigenvalue weighted by molar-refractivity contribution is 0.0942. The molecular formula is C15H21NO2. The van der Waals surface area contributed by atoms with E-state index in [2.05, 4.69) is 12.2 Å². The molecule has 1 saturated carbocycles. The molecule has 0 bridgehead atoms. The van der Waals surface area contributed by atoms with Gasteiger partial charge in [-0.15, -0.1) is 0 Å². The third-order valence-corrected chi connectivity index (χ3v) is 3.91. The van der Waals surface area contributed by atoms with Crippen LogP contribution in [0.5, 0.6) is 5.75 Å². The van der Waals surface area contributed by atoms with Crippen molar-refractivity contribution >= 4 is 5.91 Å². The Labute approximate surface area is 108 Å². The minimum absolute atomic E-state index is 0.0780. The second-order valence-electron chi connectivity index (χ2n) is 5.38. The molecule has 0 aromatic heterocycles. The minimum atomic E-state index is -0.0780. The molecule has 1 fully saturated rings. The fourth-order valence-electron chi connectivity index (χ4n) is 2.45. The maximum atomic E-state index is 12.1. The van der Waals surface area contributed by atoms with Gasteiger partial charge >= 0.3 is 0 Å². The molecule has 2 rings (SSSR count). The van der Waals surface area contributed by atoms with Gasteiger partial charge in [-0.2, -0.15) is 0 Å². The van der Waals surface area contributed by atoms with Crippen LogP contribution in [0.4, 0.5) is 0 Å². The van der Waals surface area contributed by atoms with E-state index in [0.29, 0.717) is 16.5 Å². The van der Waals surface area contributed by atoms with E-state index in [1.807, 2.05) is 0 Å². The fraction of sp³-hybridized carbons (Fsp3) is 0.533. The van der Waals surface area contributed by atoms with Crippen LogP contribution in [-0.4, -0.2) is 17.6 Å². The minimum Gasteiger partial charge on any atom is -0.508 e. The molecule has 0 unspecified atom stereocenters. The number of carbonyl (C=O) groups excluding carboxylic acids is 1. The highest BCUT2D eigenvalue weighted by molar-refractivity contribution is 5.96. The molecule has 1 aromatic carbocycles. The molecule has 98 valence electrons. The van der Waals surface area contributed by atoms with Gasteiger partial charge in [0.25, 0.3) is 5.91 Å². The first kappa shape index (κ1) is 12.9. The summed E-state index contributed by atoms with van der Waals surface area (Å²) < 4.78 is 0. The number of amides is 1. The Morgan fingerprint density at radius 2 is 2.17 bits per heavy atom. The Hall–Kier alpha value is -1.51. The van der Waals surface area contributed by atoms with Gasteiger partial charge in [0.2, 0.25) is 0 Å². The number of hydrogen-bond donors (Lipinski definition) is 2. The van der Waals surface area contributed by atoms with Gasteiger partial charge in [-0.05, 0) is 43.7 Å². The van der Waals surface area contributed by atoms with E-state index in [1.165, 1.54) is 25.7 Å². The molecule has 1 amide bonds. The van der Waals surface area contributed by atoms with Crippen molar-refractivity contribution < 1.29 is 9.90 Å². The number of benzene rings is 1. The molecule has 3 heteroatoms. The van der Waals surface area contributed by atoms with Crippen molar-refractivity contribution in [1.82, 2.24) is 5.32 Å². The summed E-state index contributed by atoms with van der Waals surface area (Å²) in [5, 5.41) is 12.6. The molecule has 1 aromatic rings. The molecule has 0 saturated heterocycles. The lowest BCUT2D eigenvalue weighted by Gasteiger charge is -2.15. The van der Waals surface area contributed by atoms with Gasteiger partial charge in [-0.3, -0.25) is 4.79 Å². The maximum Gasteiger partial charge on any atom is 0.251 e. The molecule has 0 atom stereocenters. The predicted octanol–water partition coefficient (Wildman–Crippen LogP) is 3.01. The van der Waals surface area contributed by atoms with E-state index < -0.39 is 0 Å². The first-order chi connectivity index (χ1) is 8.58. The SMILES string of the molecule is CCCC1(CNC(=O)c2cccc(O)c2C)CC1. The maximum absolute atomic E-state index is 12.1. The number of carbonyl (C=O) groups is 1. The van der Waals surface area contributed by atoms with Crippen LogP contribution in [-0.2, 0) is 0 Å². The zero-order valence-corrected chi connectivity index (χ0v) is 11.1. The first-order valence-corrected chi connectivity index (χ1v) is 6.65. The number of nitrogens with one attached hydrogen (secondary N) is 1. The van der Waals surface area contributed by atoms with Crippen molar-refractivity contribution in [2.75, 3.05) is 6.54 Å². The summed E-state index contributed by atoms with van der Waals surface area (Å²) in [5.74, 6) is 0.100. The van der Waals surface area contributed by atoms with E-state index in [9.17, 15) is 9.90 Å². The average molecular weight is 247 g/mol. The summed E-state index contributed by atoms with van der Waals surface area (Å²) in [4.78, 5) is 12.1. The van der Waals surface area contributed by atoms with Crippen LogP contribution in [0.25, 0.3) is 0 Å². The third kappa shape index (κ3) is 2.66. The quantitative estimate of drug-likeness (QED) is 0.840. The zero-order chi connectivity index (χ0) is 13.2. The van der Waals surface area contributed by atoms with Crippen molar-refractivity contribution in [3.05, 3.63) is 29.3 Å². The smallest absolute Gasteiger partial charge is 0.251 e. The third-order valence-electron chi connectivity index (χ3n) is 3.91. The van der Waals surface area contributed by atoms with Crippen LogP contribution in [0.3, 0.4) is 0 Å². The van der Waals surface area contributed by atoms with Crippen molar-refractivity contribution in [1.29, 1.82) is 0 Å². The van der Waals surface area contributed by atoms with Gasteiger partial charge in [0.05, 0.1) is 0 Å². The standard InChI is InChI=1S/C15H21NO2/c1-3-7-15(8-9-15)10-16-14(18)12-5-4-6-13(17)11(12)2/h4-6,17H,3,7-10H2,1-2H3,(H,16,18). The molecule has 0 heterocycles. The molecule has 0 aliphatic heterocycles. The van der Waals surface area contributed by atoms with Crippen LogP contribution in [0.1, 0.15) is 48.5 Å². The highest BCUT2D eigenvalue weighted by Gasteiger charge is 2.41. The van der Waals surface area contributed by atoms with Crippen molar-refractivity contribution in [3.63, 3.8) is 0 Å². The van der Waals surface area contributed by atoms with Crippen molar-refractivity contribution in [2.45, 2.75) is 39.5 Å². The second kappa shape index (κ2) is 5.01. The summed E-state index contributed by atoms with van der Waals surface area (Å²) in [6, 6.07) is 5.06. The molecule has 1 aliphatic carbocycles. The van der Waals surface area contributed by atoms with Gasteiger partial charge in [0, 0.05) is 17.7 Å². The first-order valence-electron chi connectivity index (χ1n) is 6.65. The zero-order valence-electron chi connectivity index (χ0n) is 11.1. The molecule has 0 radical (unpaired) electrons. The Balaban J connectivity index is 1.98. The van der Waals surface area contributed by atoms with Crippen LogP contribution in [0.2, 0.25) is 0 Å². The van der Waals surface area contributed by atoms with Gasteiger partial charge in [-0.25, -0.2) is 0 Å².